The second kappa shape index (κ2) is 9.37. The lowest BCUT2D eigenvalue weighted by Crippen LogP contribution is -2.42. The van der Waals surface area contributed by atoms with Gasteiger partial charge in [-0.2, -0.15) is 0 Å². The van der Waals surface area contributed by atoms with Gasteiger partial charge in [0.1, 0.15) is 11.4 Å². The number of carbonyl (C=O) groups excluding carboxylic acids is 1. The Morgan fingerprint density at radius 2 is 1.91 bits per heavy atom. The highest BCUT2D eigenvalue weighted by molar-refractivity contribution is 5.76. The van der Waals surface area contributed by atoms with Gasteiger partial charge in [0.2, 0.25) is 0 Å². The van der Waals surface area contributed by atoms with E-state index in [1.807, 2.05) is 44.0 Å². The van der Waals surface area contributed by atoms with Crippen LogP contribution < -0.4 is 5.32 Å². The van der Waals surface area contributed by atoms with Crippen LogP contribution in [0.1, 0.15) is 75.6 Å². The fourth-order valence-electron chi connectivity index (χ4n) is 5.28. The van der Waals surface area contributed by atoms with Gasteiger partial charge in [-0.05, 0) is 76.6 Å². The van der Waals surface area contributed by atoms with E-state index >= 15 is 0 Å². The minimum atomic E-state index is -0.472. The number of carbonyl (C=O) groups is 1. The van der Waals surface area contributed by atoms with E-state index in [0.29, 0.717) is 25.7 Å². The van der Waals surface area contributed by atoms with Gasteiger partial charge in [0.25, 0.3) is 0 Å². The van der Waals surface area contributed by atoms with Crippen LogP contribution in [-0.2, 0) is 17.7 Å². The molecule has 7 nitrogen and oxygen atoms in total. The number of fused-ring (bicyclic) bond motifs is 2. The number of benzene rings is 1. The van der Waals surface area contributed by atoms with Crippen molar-refractivity contribution in [3.05, 3.63) is 59.7 Å². The lowest BCUT2D eigenvalue weighted by Gasteiger charge is -2.34. The molecule has 180 valence electrons. The Bertz CT molecular complexity index is 1160. The van der Waals surface area contributed by atoms with E-state index in [1.54, 1.807) is 0 Å². The molecule has 1 fully saturated rings. The fourth-order valence-corrected chi connectivity index (χ4v) is 5.28. The number of pyridine rings is 1. The van der Waals surface area contributed by atoms with Crippen LogP contribution in [0.4, 0.5) is 4.79 Å². The molecule has 0 radical (unpaired) electrons. The summed E-state index contributed by atoms with van der Waals surface area (Å²) in [6.07, 6.45) is 6.84. The van der Waals surface area contributed by atoms with E-state index < -0.39 is 5.60 Å². The summed E-state index contributed by atoms with van der Waals surface area (Å²) < 4.78 is 7.98. The minimum Gasteiger partial charge on any atom is -0.444 e. The van der Waals surface area contributed by atoms with Gasteiger partial charge in [-0.1, -0.05) is 18.2 Å². The molecule has 2 aliphatic rings. The van der Waals surface area contributed by atoms with Crippen molar-refractivity contribution in [1.29, 1.82) is 0 Å². The summed E-state index contributed by atoms with van der Waals surface area (Å²) in [5.74, 6) is 1.06. The molecule has 0 saturated carbocycles. The number of rotatable bonds is 4. The average molecular weight is 462 g/mol. The molecule has 1 aliphatic heterocycles. The van der Waals surface area contributed by atoms with Gasteiger partial charge in [0, 0.05) is 25.3 Å². The second-order valence-electron chi connectivity index (χ2n) is 10.5. The monoisotopic (exact) mass is 461 g/mol. The van der Waals surface area contributed by atoms with Crippen molar-refractivity contribution >= 4 is 17.1 Å². The first-order chi connectivity index (χ1) is 16.4. The molecule has 0 spiro atoms. The van der Waals surface area contributed by atoms with E-state index in [9.17, 15) is 4.79 Å². The summed E-state index contributed by atoms with van der Waals surface area (Å²) in [7, 11) is 0. The topological polar surface area (TPSA) is 72.3 Å². The molecule has 1 aromatic carbocycles. The lowest BCUT2D eigenvalue weighted by atomic mass is 9.92. The average Bonchev–Trinajstić information content (AvgIpc) is 3.20. The molecule has 3 aromatic rings. The van der Waals surface area contributed by atoms with Crippen LogP contribution in [0, 0.1) is 0 Å². The van der Waals surface area contributed by atoms with Gasteiger partial charge in [-0.25, -0.2) is 9.78 Å². The number of hydrogen-bond donors (Lipinski definition) is 1. The molecule has 1 aliphatic carbocycles. The van der Waals surface area contributed by atoms with Crippen molar-refractivity contribution < 1.29 is 9.53 Å². The van der Waals surface area contributed by atoms with Crippen LogP contribution in [0.25, 0.3) is 11.0 Å². The number of likely N-dealkylation sites (tertiary alicyclic amines) is 1. The molecular formula is C27H35N5O2. The standard InChI is InChI=1S/C27H35N5O2/c1-27(2,3)34-26(33)31-16-13-20(14-17-31)32-23-12-5-4-10-21(23)30-24(32)18-29-22-11-6-8-19-9-7-15-28-25(19)22/h4-5,7,9-10,12,15,20,22,29H,6,8,11,13-14,16-18H2,1-3H3. The largest absolute Gasteiger partial charge is 0.444 e. The number of nitrogens with one attached hydrogen (secondary N) is 1. The first-order valence-corrected chi connectivity index (χ1v) is 12.5. The van der Waals surface area contributed by atoms with Crippen LogP contribution in [0.2, 0.25) is 0 Å². The molecule has 1 amide bonds. The number of ether oxygens (including phenoxy) is 1. The Kier molecular flexibility index (Phi) is 6.30. The smallest absolute Gasteiger partial charge is 0.410 e. The van der Waals surface area contributed by atoms with Crippen molar-refractivity contribution in [2.75, 3.05) is 13.1 Å². The molecule has 2 aromatic heterocycles. The number of imidazole rings is 1. The summed E-state index contributed by atoms with van der Waals surface area (Å²) >= 11 is 0. The van der Waals surface area contributed by atoms with Gasteiger partial charge >= 0.3 is 6.09 Å². The van der Waals surface area contributed by atoms with Crippen LogP contribution in [0.15, 0.2) is 42.6 Å². The first kappa shape index (κ1) is 22.8. The highest BCUT2D eigenvalue weighted by Crippen LogP contribution is 2.31. The van der Waals surface area contributed by atoms with Crippen molar-refractivity contribution in [3.63, 3.8) is 0 Å². The third kappa shape index (κ3) is 4.80. The van der Waals surface area contributed by atoms with Gasteiger partial charge in [-0.15, -0.1) is 0 Å². The molecule has 34 heavy (non-hydrogen) atoms. The maximum atomic E-state index is 12.5. The van der Waals surface area contributed by atoms with Crippen LogP contribution in [-0.4, -0.2) is 44.2 Å². The Morgan fingerprint density at radius 1 is 1.12 bits per heavy atom. The second-order valence-corrected chi connectivity index (χ2v) is 10.5. The summed E-state index contributed by atoms with van der Waals surface area (Å²) in [6, 6.07) is 13.2. The van der Waals surface area contributed by atoms with Crippen LogP contribution in [0.5, 0.6) is 0 Å². The summed E-state index contributed by atoms with van der Waals surface area (Å²) in [6.45, 7) is 7.82. The highest BCUT2D eigenvalue weighted by Gasteiger charge is 2.30. The number of piperidine rings is 1. The van der Waals surface area contributed by atoms with Crippen molar-refractivity contribution in [3.8, 4) is 0 Å². The minimum absolute atomic E-state index is 0.216. The quantitative estimate of drug-likeness (QED) is 0.580. The number of nitrogens with zero attached hydrogens (tertiary/aromatic N) is 4. The molecule has 1 atom stereocenters. The van der Waals surface area contributed by atoms with E-state index in [1.165, 1.54) is 17.7 Å². The third-order valence-electron chi connectivity index (χ3n) is 6.85. The van der Waals surface area contributed by atoms with E-state index in [-0.39, 0.29) is 12.1 Å². The number of aromatic nitrogens is 3. The third-order valence-corrected chi connectivity index (χ3v) is 6.85. The first-order valence-electron chi connectivity index (χ1n) is 12.5. The highest BCUT2D eigenvalue weighted by atomic mass is 16.6. The van der Waals surface area contributed by atoms with E-state index in [0.717, 1.165) is 42.5 Å². The van der Waals surface area contributed by atoms with Gasteiger partial charge < -0.3 is 19.5 Å². The fraction of sp³-hybridized carbons (Fsp3) is 0.519. The number of amides is 1. The molecule has 0 bridgehead atoms. The zero-order valence-corrected chi connectivity index (χ0v) is 20.5. The Hall–Kier alpha value is -2.93. The molecule has 1 saturated heterocycles. The number of aryl methyl sites for hydroxylation is 1. The molecule has 5 rings (SSSR count). The van der Waals surface area contributed by atoms with Crippen molar-refractivity contribution in [2.45, 2.75) is 77.1 Å². The molecule has 3 heterocycles. The molecule has 7 heteroatoms. The Labute approximate surface area is 201 Å². The van der Waals surface area contributed by atoms with Crippen LogP contribution >= 0.6 is 0 Å². The maximum Gasteiger partial charge on any atom is 0.410 e. The Morgan fingerprint density at radius 3 is 2.71 bits per heavy atom. The normalized spacial score (nSPS) is 19.3. The molecule has 1 unspecified atom stereocenters. The molecule has 1 N–H and O–H groups in total. The van der Waals surface area contributed by atoms with Crippen molar-refractivity contribution in [2.24, 2.45) is 0 Å². The predicted octanol–water partition coefficient (Wildman–Crippen LogP) is 5.17. The molecular weight excluding hydrogens is 426 g/mol. The summed E-state index contributed by atoms with van der Waals surface area (Å²) in [5.41, 5.74) is 4.25. The SMILES string of the molecule is CC(C)(C)OC(=O)N1CCC(n2c(CNC3CCCc4cccnc43)nc3ccccc32)CC1. The number of hydrogen-bond acceptors (Lipinski definition) is 5. The van der Waals surface area contributed by atoms with Crippen LogP contribution in [0.3, 0.4) is 0 Å². The summed E-state index contributed by atoms with van der Waals surface area (Å²) in [5, 5.41) is 3.76. The summed E-state index contributed by atoms with van der Waals surface area (Å²) in [4.78, 5) is 24.1. The van der Waals surface area contributed by atoms with E-state index in [2.05, 4.69) is 39.1 Å². The number of para-hydroxylation sites is 2. The zero-order valence-electron chi connectivity index (χ0n) is 20.5. The van der Waals surface area contributed by atoms with Gasteiger partial charge in [0.15, 0.2) is 0 Å². The maximum absolute atomic E-state index is 12.5. The van der Waals surface area contributed by atoms with Gasteiger partial charge in [-0.3, -0.25) is 4.98 Å². The van der Waals surface area contributed by atoms with Gasteiger partial charge in [0.05, 0.1) is 29.3 Å². The van der Waals surface area contributed by atoms with E-state index in [4.69, 9.17) is 9.72 Å². The van der Waals surface area contributed by atoms with Crippen molar-refractivity contribution in [1.82, 2.24) is 24.8 Å². The lowest BCUT2D eigenvalue weighted by molar-refractivity contribution is 0.0189. The predicted molar refractivity (Wildman–Crippen MR) is 133 cm³/mol. The Balaban J connectivity index is 1.33. The zero-order chi connectivity index (χ0) is 23.7.